The van der Waals surface area contributed by atoms with E-state index in [1.807, 2.05) is 27.8 Å². The van der Waals surface area contributed by atoms with Crippen molar-refractivity contribution in [3.63, 3.8) is 0 Å². The van der Waals surface area contributed by atoms with Crippen LogP contribution in [0.5, 0.6) is 17.2 Å². The van der Waals surface area contributed by atoms with Gasteiger partial charge in [-0.3, -0.25) is 4.79 Å². The average molecular weight is 393 g/mol. The average Bonchev–Trinajstić information content (AvgIpc) is 3.06. The summed E-state index contributed by atoms with van der Waals surface area (Å²) in [5.41, 5.74) is 0.387. The van der Waals surface area contributed by atoms with Crippen LogP contribution in [-0.4, -0.2) is 56.6 Å². The Bertz CT molecular complexity index is 788. The number of quaternary nitrogens is 1. The van der Waals surface area contributed by atoms with Crippen LogP contribution >= 0.6 is 0 Å². The molecule has 0 spiro atoms. The molecular formula is C19H29N4O5+. The van der Waals surface area contributed by atoms with Crippen molar-refractivity contribution in [2.45, 2.75) is 32.9 Å². The zero-order valence-electron chi connectivity index (χ0n) is 17.5. The summed E-state index contributed by atoms with van der Waals surface area (Å²) in [6, 6.07) is 3.48. The second kappa shape index (κ2) is 8.92. The Hall–Kier alpha value is -2.81. The first kappa shape index (κ1) is 21.5. The maximum Gasteiger partial charge on any atom is 0.275 e. The minimum Gasteiger partial charge on any atom is -0.493 e. The van der Waals surface area contributed by atoms with Crippen LogP contribution in [0, 0.1) is 0 Å². The second-order valence-electron chi connectivity index (χ2n) is 7.52. The Morgan fingerprint density at radius 1 is 1.11 bits per heavy atom. The summed E-state index contributed by atoms with van der Waals surface area (Å²) in [6.45, 7) is 6.57. The zero-order chi connectivity index (χ0) is 20.9. The van der Waals surface area contributed by atoms with Crippen LogP contribution in [0.3, 0.4) is 0 Å². The largest absolute Gasteiger partial charge is 0.493 e. The van der Waals surface area contributed by atoms with Gasteiger partial charge < -0.3 is 28.8 Å². The van der Waals surface area contributed by atoms with E-state index >= 15 is 0 Å². The first-order valence-electron chi connectivity index (χ1n) is 8.92. The van der Waals surface area contributed by atoms with Crippen LogP contribution in [0.1, 0.15) is 26.7 Å². The molecule has 2 rings (SSSR count). The van der Waals surface area contributed by atoms with Crippen molar-refractivity contribution in [2.24, 2.45) is 0 Å². The Labute approximate surface area is 165 Å². The third kappa shape index (κ3) is 5.59. The molecule has 154 valence electrons. The first-order chi connectivity index (χ1) is 13.2. The number of hydrogen-bond acceptors (Lipinski definition) is 7. The van der Waals surface area contributed by atoms with E-state index < -0.39 is 0 Å². The molecule has 0 fully saturated rings. The molecule has 2 N–H and O–H groups in total. The highest BCUT2D eigenvalue weighted by atomic mass is 16.5. The van der Waals surface area contributed by atoms with Crippen molar-refractivity contribution in [1.29, 1.82) is 0 Å². The van der Waals surface area contributed by atoms with Gasteiger partial charge in [0.05, 0.1) is 28.4 Å². The lowest BCUT2D eigenvalue weighted by Gasteiger charge is -2.21. The summed E-state index contributed by atoms with van der Waals surface area (Å²) in [5.74, 6) is 2.22. The Kier molecular flexibility index (Phi) is 6.85. The van der Waals surface area contributed by atoms with Gasteiger partial charge in [0.1, 0.15) is 0 Å². The van der Waals surface area contributed by atoms with Crippen LogP contribution in [0.4, 0.5) is 0 Å². The standard InChI is InChI=1S/C19H28N4O5/c1-19(2,3)20-15(24)10-23(4)11-16-21-22-18(28-16)12-8-13(25-5)17(27-7)14(9-12)26-6/h8-9H,10-11H2,1-7H3,(H,20,24)/p+1. The van der Waals surface area contributed by atoms with E-state index in [0.29, 0.717) is 47.7 Å². The predicted octanol–water partition coefficient (Wildman–Crippen LogP) is 0.692. The number of aromatic nitrogens is 2. The molecule has 0 radical (unpaired) electrons. The van der Waals surface area contributed by atoms with Gasteiger partial charge in [-0.05, 0) is 32.9 Å². The van der Waals surface area contributed by atoms with Crippen LogP contribution in [-0.2, 0) is 11.3 Å². The number of carbonyl (C=O) groups excluding carboxylic acids is 1. The lowest BCUT2D eigenvalue weighted by molar-refractivity contribution is -0.886. The fourth-order valence-corrected chi connectivity index (χ4v) is 2.70. The predicted molar refractivity (Wildman–Crippen MR) is 103 cm³/mol. The maximum absolute atomic E-state index is 12.0. The van der Waals surface area contributed by atoms with Crippen LogP contribution in [0.25, 0.3) is 11.5 Å². The molecule has 1 atom stereocenters. The second-order valence-corrected chi connectivity index (χ2v) is 7.52. The number of rotatable bonds is 8. The van der Waals surface area contributed by atoms with Gasteiger partial charge in [0.15, 0.2) is 24.6 Å². The van der Waals surface area contributed by atoms with Crippen LogP contribution < -0.4 is 24.4 Å². The Morgan fingerprint density at radius 2 is 1.71 bits per heavy atom. The van der Waals surface area contributed by atoms with Crippen LogP contribution in [0.2, 0.25) is 0 Å². The normalized spacial score (nSPS) is 12.4. The quantitative estimate of drug-likeness (QED) is 0.681. The van der Waals surface area contributed by atoms with Gasteiger partial charge >= 0.3 is 0 Å². The molecule has 0 aliphatic rings. The van der Waals surface area contributed by atoms with E-state index in [2.05, 4.69) is 15.5 Å². The van der Waals surface area contributed by atoms with E-state index in [4.69, 9.17) is 18.6 Å². The zero-order valence-corrected chi connectivity index (χ0v) is 17.5. The molecule has 9 heteroatoms. The first-order valence-corrected chi connectivity index (χ1v) is 8.92. The third-order valence-electron chi connectivity index (χ3n) is 3.81. The van der Waals surface area contributed by atoms with Gasteiger partial charge in [0.2, 0.25) is 11.6 Å². The molecule has 1 heterocycles. The molecule has 28 heavy (non-hydrogen) atoms. The number of nitrogens with zero attached hydrogens (tertiary/aromatic N) is 2. The van der Waals surface area contributed by atoms with Gasteiger partial charge in [-0.2, -0.15) is 0 Å². The molecule has 0 aliphatic heterocycles. The van der Waals surface area contributed by atoms with Gasteiger partial charge in [-0.25, -0.2) is 0 Å². The topological polar surface area (TPSA) is 100 Å². The van der Waals surface area contributed by atoms with Crippen molar-refractivity contribution < 1.29 is 28.3 Å². The summed E-state index contributed by atoms with van der Waals surface area (Å²) in [6.07, 6.45) is 0. The highest BCUT2D eigenvalue weighted by molar-refractivity contribution is 5.77. The van der Waals surface area contributed by atoms with Crippen molar-refractivity contribution in [1.82, 2.24) is 15.5 Å². The summed E-state index contributed by atoms with van der Waals surface area (Å²) in [5, 5.41) is 11.1. The van der Waals surface area contributed by atoms with Gasteiger partial charge in [0, 0.05) is 11.1 Å². The smallest absolute Gasteiger partial charge is 0.275 e. The number of nitrogens with one attached hydrogen (secondary N) is 2. The van der Waals surface area contributed by atoms with E-state index in [-0.39, 0.29) is 11.4 Å². The lowest BCUT2D eigenvalue weighted by Crippen LogP contribution is -3.09. The number of amides is 1. The van der Waals surface area contributed by atoms with Gasteiger partial charge in [0.25, 0.3) is 11.8 Å². The molecule has 1 unspecified atom stereocenters. The van der Waals surface area contributed by atoms with E-state index in [1.54, 1.807) is 33.5 Å². The molecule has 9 nitrogen and oxygen atoms in total. The van der Waals surface area contributed by atoms with Crippen molar-refractivity contribution in [3.8, 4) is 28.7 Å². The monoisotopic (exact) mass is 393 g/mol. The SMILES string of the molecule is COc1cc(-c2nnc(C[NH+](C)CC(=O)NC(C)(C)C)o2)cc(OC)c1OC. The number of carbonyl (C=O) groups is 1. The minimum absolute atomic E-state index is 0.0330. The minimum atomic E-state index is -0.262. The molecule has 1 aromatic heterocycles. The molecule has 0 aliphatic carbocycles. The third-order valence-corrected chi connectivity index (χ3v) is 3.81. The molecule has 0 saturated heterocycles. The number of methoxy groups -OCH3 is 3. The summed E-state index contributed by atoms with van der Waals surface area (Å²) in [4.78, 5) is 13.0. The number of ether oxygens (including phenoxy) is 3. The fourth-order valence-electron chi connectivity index (χ4n) is 2.70. The Morgan fingerprint density at radius 3 is 2.21 bits per heavy atom. The molecular weight excluding hydrogens is 364 g/mol. The fraction of sp³-hybridized carbons (Fsp3) is 0.526. The highest BCUT2D eigenvalue weighted by Crippen LogP contribution is 2.40. The summed E-state index contributed by atoms with van der Waals surface area (Å²) >= 11 is 0. The maximum atomic E-state index is 12.0. The number of benzene rings is 1. The molecule has 0 saturated carbocycles. The Balaban J connectivity index is 2.13. The van der Waals surface area contributed by atoms with E-state index in [9.17, 15) is 4.79 Å². The van der Waals surface area contributed by atoms with Crippen molar-refractivity contribution in [2.75, 3.05) is 34.9 Å². The number of hydrogen-bond donors (Lipinski definition) is 2. The summed E-state index contributed by atoms with van der Waals surface area (Å²) < 4.78 is 21.8. The van der Waals surface area contributed by atoms with Crippen molar-refractivity contribution in [3.05, 3.63) is 18.0 Å². The molecule has 1 amide bonds. The molecule has 0 bridgehead atoms. The summed E-state index contributed by atoms with van der Waals surface area (Å²) in [7, 11) is 6.52. The number of likely N-dealkylation sites (N-methyl/N-ethyl adjacent to an activating group) is 1. The van der Waals surface area contributed by atoms with Gasteiger partial charge in [-0.15, -0.1) is 10.2 Å². The van der Waals surface area contributed by atoms with Crippen LogP contribution in [0.15, 0.2) is 16.5 Å². The van der Waals surface area contributed by atoms with Crippen molar-refractivity contribution >= 4 is 5.91 Å². The molecule has 2 aromatic rings. The lowest BCUT2D eigenvalue weighted by atomic mass is 10.1. The molecule has 1 aromatic carbocycles. The highest BCUT2D eigenvalue weighted by Gasteiger charge is 2.21. The van der Waals surface area contributed by atoms with Gasteiger partial charge in [-0.1, -0.05) is 0 Å². The van der Waals surface area contributed by atoms with E-state index in [0.717, 1.165) is 4.90 Å². The van der Waals surface area contributed by atoms with E-state index in [1.165, 1.54) is 0 Å².